The molecule has 1 aromatic carbocycles. The molecular formula is C14H16O3. The zero-order chi connectivity index (χ0) is 12.1. The van der Waals surface area contributed by atoms with Gasteiger partial charge in [0.05, 0.1) is 7.11 Å². The van der Waals surface area contributed by atoms with Gasteiger partial charge in [-0.3, -0.25) is 0 Å². The minimum Gasteiger partial charge on any atom is -0.467 e. The Morgan fingerprint density at radius 1 is 1.29 bits per heavy atom. The van der Waals surface area contributed by atoms with E-state index in [1.165, 1.54) is 12.7 Å². The van der Waals surface area contributed by atoms with E-state index >= 15 is 0 Å². The highest BCUT2D eigenvalue weighted by Crippen LogP contribution is 2.66. The van der Waals surface area contributed by atoms with Crippen LogP contribution in [0.5, 0.6) is 0 Å². The molecule has 2 aliphatic rings. The van der Waals surface area contributed by atoms with Crippen LogP contribution in [0.1, 0.15) is 30.4 Å². The van der Waals surface area contributed by atoms with Crippen molar-refractivity contribution < 1.29 is 14.3 Å². The zero-order valence-electron chi connectivity index (χ0n) is 10.2. The second kappa shape index (κ2) is 3.33. The van der Waals surface area contributed by atoms with Gasteiger partial charge < -0.3 is 9.47 Å². The number of epoxide rings is 1. The molecule has 3 heteroatoms. The van der Waals surface area contributed by atoms with Crippen LogP contribution in [0, 0.1) is 6.92 Å². The van der Waals surface area contributed by atoms with Crippen LogP contribution < -0.4 is 0 Å². The van der Waals surface area contributed by atoms with Crippen LogP contribution in [0.2, 0.25) is 0 Å². The SMILES string of the molecule is COC(=O)C12CCCC1(c1ccc(C)cc1)O2. The van der Waals surface area contributed by atoms with Gasteiger partial charge in [-0.25, -0.2) is 4.79 Å². The summed E-state index contributed by atoms with van der Waals surface area (Å²) < 4.78 is 10.7. The Balaban J connectivity index is 1.99. The van der Waals surface area contributed by atoms with E-state index in [0.717, 1.165) is 24.8 Å². The van der Waals surface area contributed by atoms with Crippen molar-refractivity contribution >= 4 is 5.97 Å². The Morgan fingerprint density at radius 3 is 2.65 bits per heavy atom. The number of hydrogen-bond donors (Lipinski definition) is 0. The second-order valence-electron chi connectivity index (χ2n) is 4.97. The molecule has 0 amide bonds. The average molecular weight is 232 g/mol. The Labute approximate surface area is 101 Å². The molecular weight excluding hydrogens is 216 g/mol. The Kier molecular flexibility index (Phi) is 2.11. The third-order valence-corrected chi connectivity index (χ3v) is 4.05. The number of aryl methyl sites for hydroxylation is 1. The highest BCUT2D eigenvalue weighted by atomic mass is 16.7. The van der Waals surface area contributed by atoms with Gasteiger partial charge in [0, 0.05) is 0 Å². The largest absolute Gasteiger partial charge is 0.467 e. The second-order valence-corrected chi connectivity index (χ2v) is 4.97. The van der Waals surface area contributed by atoms with E-state index in [1.807, 2.05) is 0 Å². The van der Waals surface area contributed by atoms with Gasteiger partial charge in [0.15, 0.2) is 5.60 Å². The summed E-state index contributed by atoms with van der Waals surface area (Å²) in [5.74, 6) is -0.226. The molecule has 2 fully saturated rings. The fourth-order valence-corrected chi connectivity index (χ4v) is 3.10. The monoisotopic (exact) mass is 232 g/mol. The van der Waals surface area contributed by atoms with Gasteiger partial charge in [0.1, 0.15) is 5.60 Å². The van der Waals surface area contributed by atoms with Crippen molar-refractivity contribution in [3.05, 3.63) is 35.4 Å². The number of ether oxygens (including phenoxy) is 2. The number of fused-ring (bicyclic) bond motifs is 1. The normalized spacial score (nSPS) is 34.2. The van der Waals surface area contributed by atoms with E-state index in [4.69, 9.17) is 9.47 Å². The summed E-state index contributed by atoms with van der Waals surface area (Å²) in [6.45, 7) is 2.05. The van der Waals surface area contributed by atoms with Crippen LogP contribution in [0.4, 0.5) is 0 Å². The summed E-state index contributed by atoms with van der Waals surface area (Å²) in [6.07, 6.45) is 2.70. The van der Waals surface area contributed by atoms with Gasteiger partial charge in [0.25, 0.3) is 0 Å². The van der Waals surface area contributed by atoms with E-state index in [2.05, 4.69) is 31.2 Å². The summed E-state index contributed by atoms with van der Waals surface area (Å²) in [7, 11) is 1.43. The van der Waals surface area contributed by atoms with Gasteiger partial charge in [-0.2, -0.15) is 0 Å². The topological polar surface area (TPSA) is 38.8 Å². The summed E-state index contributed by atoms with van der Waals surface area (Å²) in [4.78, 5) is 11.9. The van der Waals surface area contributed by atoms with Gasteiger partial charge in [-0.1, -0.05) is 29.8 Å². The van der Waals surface area contributed by atoms with Crippen molar-refractivity contribution in [3.8, 4) is 0 Å². The molecule has 1 heterocycles. The molecule has 1 saturated carbocycles. The van der Waals surface area contributed by atoms with Crippen LogP contribution in [0.25, 0.3) is 0 Å². The van der Waals surface area contributed by atoms with E-state index in [1.54, 1.807) is 0 Å². The molecule has 3 rings (SSSR count). The number of esters is 1. The highest BCUT2D eigenvalue weighted by Gasteiger charge is 2.78. The average Bonchev–Trinajstić information content (AvgIpc) is 2.88. The summed E-state index contributed by atoms with van der Waals surface area (Å²) in [5, 5.41) is 0. The lowest BCUT2D eigenvalue weighted by Gasteiger charge is -2.11. The van der Waals surface area contributed by atoms with Crippen molar-refractivity contribution in [3.63, 3.8) is 0 Å². The number of rotatable bonds is 2. The molecule has 0 aromatic heterocycles. The van der Waals surface area contributed by atoms with E-state index in [-0.39, 0.29) is 5.97 Å². The lowest BCUT2D eigenvalue weighted by Crippen LogP contribution is -2.29. The maximum Gasteiger partial charge on any atom is 0.341 e. The fourth-order valence-electron chi connectivity index (χ4n) is 3.10. The molecule has 1 aliphatic carbocycles. The molecule has 0 radical (unpaired) electrons. The predicted octanol–water partition coefficient (Wildman–Crippen LogP) is 2.32. The van der Waals surface area contributed by atoms with Gasteiger partial charge in [0.2, 0.25) is 0 Å². The van der Waals surface area contributed by atoms with Gasteiger partial charge in [-0.05, 0) is 31.7 Å². The van der Waals surface area contributed by atoms with Crippen molar-refractivity contribution in [1.82, 2.24) is 0 Å². The third-order valence-electron chi connectivity index (χ3n) is 4.05. The molecule has 1 aliphatic heterocycles. The minimum absolute atomic E-state index is 0.226. The minimum atomic E-state index is -0.697. The third kappa shape index (κ3) is 1.23. The Bertz CT molecular complexity index is 465. The number of carbonyl (C=O) groups excluding carboxylic acids is 1. The smallest absolute Gasteiger partial charge is 0.341 e. The summed E-state index contributed by atoms with van der Waals surface area (Å²) >= 11 is 0. The first kappa shape index (κ1) is 10.8. The predicted molar refractivity (Wildman–Crippen MR) is 62.5 cm³/mol. The highest BCUT2D eigenvalue weighted by molar-refractivity contribution is 5.86. The zero-order valence-corrected chi connectivity index (χ0v) is 10.2. The first-order valence-corrected chi connectivity index (χ1v) is 6.00. The maximum absolute atomic E-state index is 11.9. The molecule has 1 aromatic rings. The first-order chi connectivity index (χ1) is 8.14. The molecule has 17 heavy (non-hydrogen) atoms. The number of carbonyl (C=O) groups is 1. The number of methoxy groups -OCH3 is 1. The lowest BCUT2D eigenvalue weighted by atomic mass is 9.88. The molecule has 1 saturated heterocycles. The van der Waals surface area contributed by atoms with Crippen molar-refractivity contribution in [1.29, 1.82) is 0 Å². The molecule has 0 N–H and O–H groups in total. The van der Waals surface area contributed by atoms with E-state index < -0.39 is 11.2 Å². The Morgan fingerprint density at radius 2 is 2.00 bits per heavy atom. The molecule has 90 valence electrons. The molecule has 2 unspecified atom stereocenters. The quantitative estimate of drug-likeness (QED) is 0.580. The fraction of sp³-hybridized carbons (Fsp3) is 0.500. The van der Waals surface area contributed by atoms with Crippen LogP contribution >= 0.6 is 0 Å². The van der Waals surface area contributed by atoms with Crippen molar-refractivity contribution in [2.75, 3.05) is 7.11 Å². The van der Waals surface area contributed by atoms with Crippen LogP contribution in [-0.4, -0.2) is 18.7 Å². The first-order valence-electron chi connectivity index (χ1n) is 6.00. The van der Waals surface area contributed by atoms with Crippen LogP contribution in [-0.2, 0) is 19.9 Å². The standard InChI is InChI=1S/C14H16O3/c1-10-4-6-11(7-5-10)13-8-3-9-14(13,17-13)12(15)16-2/h4-7H,3,8-9H2,1-2H3. The van der Waals surface area contributed by atoms with E-state index in [9.17, 15) is 4.79 Å². The molecule has 2 atom stereocenters. The number of benzene rings is 1. The van der Waals surface area contributed by atoms with Crippen LogP contribution in [0.3, 0.4) is 0 Å². The molecule has 0 bridgehead atoms. The lowest BCUT2D eigenvalue weighted by molar-refractivity contribution is -0.147. The van der Waals surface area contributed by atoms with Crippen molar-refractivity contribution in [2.45, 2.75) is 37.4 Å². The molecule has 3 nitrogen and oxygen atoms in total. The van der Waals surface area contributed by atoms with Gasteiger partial charge in [-0.15, -0.1) is 0 Å². The van der Waals surface area contributed by atoms with Gasteiger partial charge >= 0.3 is 5.97 Å². The van der Waals surface area contributed by atoms with Crippen molar-refractivity contribution in [2.24, 2.45) is 0 Å². The maximum atomic E-state index is 11.9. The van der Waals surface area contributed by atoms with Crippen LogP contribution in [0.15, 0.2) is 24.3 Å². The summed E-state index contributed by atoms with van der Waals surface area (Å²) in [5.41, 5.74) is 1.21. The number of hydrogen-bond acceptors (Lipinski definition) is 3. The van der Waals surface area contributed by atoms with E-state index in [0.29, 0.717) is 0 Å². The Hall–Kier alpha value is -1.35. The summed E-state index contributed by atoms with van der Waals surface area (Å²) in [6, 6.07) is 8.24. The molecule has 0 spiro atoms.